The highest BCUT2D eigenvalue weighted by molar-refractivity contribution is 5.46. The number of nitrogens with one attached hydrogen (secondary N) is 1. The topological polar surface area (TPSA) is 35.5 Å². The van der Waals surface area contributed by atoms with Crippen molar-refractivity contribution >= 4 is 5.69 Å². The van der Waals surface area contributed by atoms with Crippen molar-refractivity contribution < 1.29 is 5.11 Å². The molecule has 0 saturated heterocycles. The second kappa shape index (κ2) is 6.25. The lowest BCUT2D eigenvalue weighted by Crippen LogP contribution is -2.10. The van der Waals surface area contributed by atoms with Crippen molar-refractivity contribution in [1.82, 2.24) is 4.90 Å². The number of aromatic hydroxyl groups is 1. The van der Waals surface area contributed by atoms with Gasteiger partial charge in [0, 0.05) is 24.3 Å². The van der Waals surface area contributed by atoms with Crippen LogP contribution in [0.1, 0.15) is 11.1 Å². The number of benzene rings is 2. The molecule has 0 spiro atoms. The van der Waals surface area contributed by atoms with E-state index in [0.29, 0.717) is 12.3 Å². The molecule has 2 aromatic rings. The van der Waals surface area contributed by atoms with E-state index in [1.165, 1.54) is 5.56 Å². The Hall–Kier alpha value is -2.00. The zero-order chi connectivity index (χ0) is 13.7. The summed E-state index contributed by atoms with van der Waals surface area (Å²) in [7, 11) is 4.12. The van der Waals surface area contributed by atoms with E-state index in [1.54, 1.807) is 6.07 Å². The fourth-order valence-electron chi connectivity index (χ4n) is 1.95. The molecule has 0 radical (unpaired) electrons. The SMILES string of the molecule is CN(C)Cc1ccc(NCc2ccccc2O)cc1. The average Bonchev–Trinajstić information content (AvgIpc) is 2.39. The zero-order valence-corrected chi connectivity index (χ0v) is 11.4. The van der Waals surface area contributed by atoms with E-state index in [2.05, 4.69) is 48.6 Å². The number of rotatable bonds is 5. The van der Waals surface area contributed by atoms with Gasteiger partial charge in [-0.3, -0.25) is 0 Å². The normalized spacial score (nSPS) is 10.7. The van der Waals surface area contributed by atoms with E-state index in [9.17, 15) is 5.11 Å². The Morgan fingerprint density at radius 3 is 2.32 bits per heavy atom. The van der Waals surface area contributed by atoms with Crippen LogP contribution in [0.15, 0.2) is 48.5 Å². The second-order valence-electron chi connectivity index (χ2n) is 4.92. The standard InChI is InChI=1S/C16H20N2O/c1-18(2)12-13-7-9-15(10-8-13)17-11-14-5-3-4-6-16(14)19/h3-10,17,19H,11-12H2,1-2H3. The molecular weight excluding hydrogens is 236 g/mol. The third-order valence-corrected chi connectivity index (χ3v) is 2.93. The maximum atomic E-state index is 9.69. The first kappa shape index (κ1) is 13.4. The van der Waals surface area contributed by atoms with Crippen LogP contribution in [0, 0.1) is 0 Å². The molecule has 2 rings (SSSR count). The van der Waals surface area contributed by atoms with Crippen molar-refractivity contribution in [2.24, 2.45) is 0 Å². The van der Waals surface area contributed by atoms with E-state index in [4.69, 9.17) is 0 Å². The van der Waals surface area contributed by atoms with E-state index >= 15 is 0 Å². The lowest BCUT2D eigenvalue weighted by molar-refractivity contribution is 0.402. The van der Waals surface area contributed by atoms with Crippen molar-refractivity contribution in [1.29, 1.82) is 0 Å². The fourth-order valence-corrected chi connectivity index (χ4v) is 1.95. The van der Waals surface area contributed by atoms with Crippen LogP contribution in [0.4, 0.5) is 5.69 Å². The Balaban J connectivity index is 1.95. The van der Waals surface area contributed by atoms with Gasteiger partial charge in [0.2, 0.25) is 0 Å². The summed E-state index contributed by atoms with van der Waals surface area (Å²) in [5.41, 5.74) is 3.25. The molecule has 0 unspecified atom stereocenters. The van der Waals surface area contributed by atoms with E-state index in [1.807, 2.05) is 18.2 Å². The molecule has 0 aliphatic rings. The molecule has 19 heavy (non-hydrogen) atoms. The highest BCUT2D eigenvalue weighted by atomic mass is 16.3. The van der Waals surface area contributed by atoms with Crippen molar-refractivity contribution in [2.75, 3.05) is 19.4 Å². The van der Waals surface area contributed by atoms with Gasteiger partial charge in [0.05, 0.1) is 0 Å². The molecule has 0 aliphatic carbocycles. The van der Waals surface area contributed by atoms with Crippen molar-refractivity contribution in [3.05, 3.63) is 59.7 Å². The lowest BCUT2D eigenvalue weighted by Gasteiger charge is -2.11. The summed E-state index contributed by atoms with van der Waals surface area (Å²) in [6.45, 7) is 1.57. The number of hydrogen-bond donors (Lipinski definition) is 2. The third kappa shape index (κ3) is 4.00. The van der Waals surface area contributed by atoms with Crippen molar-refractivity contribution in [2.45, 2.75) is 13.1 Å². The largest absolute Gasteiger partial charge is 0.508 e. The van der Waals surface area contributed by atoms with Gasteiger partial charge in [0.25, 0.3) is 0 Å². The number of phenolic OH excluding ortho intramolecular Hbond substituents is 1. The number of para-hydroxylation sites is 1. The monoisotopic (exact) mass is 256 g/mol. The first-order valence-corrected chi connectivity index (χ1v) is 6.39. The van der Waals surface area contributed by atoms with Gasteiger partial charge in [0.15, 0.2) is 0 Å². The second-order valence-corrected chi connectivity index (χ2v) is 4.92. The first-order chi connectivity index (χ1) is 9.15. The van der Waals surface area contributed by atoms with Crippen LogP contribution in [0.2, 0.25) is 0 Å². The molecule has 0 atom stereocenters. The molecule has 3 heteroatoms. The molecule has 100 valence electrons. The summed E-state index contributed by atoms with van der Waals surface area (Å²) >= 11 is 0. The Labute approximate surface area is 114 Å². The Kier molecular flexibility index (Phi) is 4.42. The first-order valence-electron chi connectivity index (χ1n) is 6.39. The van der Waals surface area contributed by atoms with Gasteiger partial charge < -0.3 is 15.3 Å². The maximum Gasteiger partial charge on any atom is 0.120 e. The van der Waals surface area contributed by atoms with Crippen LogP contribution < -0.4 is 5.32 Å². The van der Waals surface area contributed by atoms with Gasteiger partial charge in [-0.1, -0.05) is 30.3 Å². The van der Waals surface area contributed by atoms with Crippen LogP contribution in [0.25, 0.3) is 0 Å². The zero-order valence-electron chi connectivity index (χ0n) is 11.4. The quantitative estimate of drug-likeness (QED) is 0.863. The molecule has 0 fully saturated rings. The van der Waals surface area contributed by atoms with E-state index in [0.717, 1.165) is 17.8 Å². The summed E-state index contributed by atoms with van der Waals surface area (Å²) < 4.78 is 0. The van der Waals surface area contributed by atoms with Crippen LogP contribution in [-0.2, 0) is 13.1 Å². The average molecular weight is 256 g/mol. The molecule has 0 heterocycles. The van der Waals surface area contributed by atoms with E-state index in [-0.39, 0.29) is 0 Å². The summed E-state index contributed by atoms with van der Waals surface area (Å²) in [6, 6.07) is 15.8. The predicted octanol–water partition coefficient (Wildman–Crippen LogP) is 3.07. The Morgan fingerprint density at radius 2 is 1.68 bits per heavy atom. The van der Waals surface area contributed by atoms with Gasteiger partial charge in [-0.25, -0.2) is 0 Å². The van der Waals surface area contributed by atoms with Gasteiger partial charge in [-0.05, 0) is 37.9 Å². The third-order valence-electron chi connectivity index (χ3n) is 2.93. The van der Waals surface area contributed by atoms with Crippen LogP contribution in [0.3, 0.4) is 0 Å². The molecule has 2 aromatic carbocycles. The number of anilines is 1. The van der Waals surface area contributed by atoms with Gasteiger partial charge in [-0.2, -0.15) is 0 Å². The maximum absolute atomic E-state index is 9.69. The number of hydrogen-bond acceptors (Lipinski definition) is 3. The van der Waals surface area contributed by atoms with Gasteiger partial charge in [-0.15, -0.1) is 0 Å². The molecule has 3 nitrogen and oxygen atoms in total. The molecule has 0 aromatic heterocycles. The number of nitrogens with zero attached hydrogens (tertiary/aromatic N) is 1. The minimum atomic E-state index is 0.333. The van der Waals surface area contributed by atoms with E-state index < -0.39 is 0 Å². The van der Waals surface area contributed by atoms with Crippen LogP contribution >= 0.6 is 0 Å². The smallest absolute Gasteiger partial charge is 0.120 e. The van der Waals surface area contributed by atoms with Crippen molar-refractivity contribution in [3.8, 4) is 5.75 Å². The summed E-state index contributed by atoms with van der Waals surface area (Å²) in [4.78, 5) is 2.14. The Bertz CT molecular complexity index is 521. The number of phenols is 1. The summed E-state index contributed by atoms with van der Waals surface area (Å²) in [6.07, 6.45) is 0. The van der Waals surface area contributed by atoms with Gasteiger partial charge >= 0.3 is 0 Å². The molecular formula is C16H20N2O. The fraction of sp³-hybridized carbons (Fsp3) is 0.250. The molecule has 0 aliphatic heterocycles. The lowest BCUT2D eigenvalue weighted by atomic mass is 10.1. The molecule has 0 bridgehead atoms. The molecule has 2 N–H and O–H groups in total. The summed E-state index contributed by atoms with van der Waals surface area (Å²) in [5.74, 6) is 0.333. The molecule has 0 amide bonds. The summed E-state index contributed by atoms with van der Waals surface area (Å²) in [5, 5.41) is 13.0. The minimum absolute atomic E-state index is 0.333. The minimum Gasteiger partial charge on any atom is -0.508 e. The van der Waals surface area contributed by atoms with Crippen LogP contribution in [-0.4, -0.2) is 24.1 Å². The highest BCUT2D eigenvalue weighted by Crippen LogP contribution is 2.18. The van der Waals surface area contributed by atoms with Crippen LogP contribution in [0.5, 0.6) is 5.75 Å². The Morgan fingerprint density at radius 1 is 1.00 bits per heavy atom. The highest BCUT2D eigenvalue weighted by Gasteiger charge is 2.00. The predicted molar refractivity (Wildman–Crippen MR) is 79.3 cm³/mol. The van der Waals surface area contributed by atoms with Gasteiger partial charge in [0.1, 0.15) is 5.75 Å². The van der Waals surface area contributed by atoms with Crippen molar-refractivity contribution in [3.63, 3.8) is 0 Å². The molecule has 0 saturated carbocycles.